The second kappa shape index (κ2) is 13.7. The number of piperidine rings is 1. The van der Waals surface area contributed by atoms with Gasteiger partial charge in [0.2, 0.25) is 0 Å². The van der Waals surface area contributed by atoms with E-state index >= 15 is 0 Å². The molecule has 0 spiro atoms. The number of benzene rings is 4. The zero-order chi connectivity index (χ0) is 28.5. The van der Waals surface area contributed by atoms with E-state index in [4.69, 9.17) is 14.9 Å². The summed E-state index contributed by atoms with van der Waals surface area (Å²) in [6, 6.07) is 39.2. The van der Waals surface area contributed by atoms with E-state index in [0.29, 0.717) is 11.5 Å². The van der Waals surface area contributed by atoms with Crippen LogP contribution in [0.3, 0.4) is 0 Å². The number of hydrogen-bond acceptors (Lipinski definition) is 4. The van der Waals surface area contributed by atoms with E-state index in [1.165, 1.54) is 48.2 Å². The van der Waals surface area contributed by atoms with Gasteiger partial charge in [0, 0.05) is 5.41 Å². The molecule has 212 valence electrons. The van der Waals surface area contributed by atoms with Gasteiger partial charge < -0.3 is 19.8 Å². The van der Waals surface area contributed by atoms with Crippen molar-refractivity contribution in [2.75, 3.05) is 26.2 Å². The molecule has 0 unspecified atom stereocenters. The minimum Gasteiger partial charge on any atom is -0.479 e. The van der Waals surface area contributed by atoms with Crippen molar-refractivity contribution in [3.8, 4) is 0 Å². The van der Waals surface area contributed by atoms with Crippen molar-refractivity contribution in [3.63, 3.8) is 0 Å². The summed E-state index contributed by atoms with van der Waals surface area (Å²) in [4.78, 5) is 12.9. The number of nitrogens with zero attached hydrogens (tertiary/aromatic N) is 1. The molecule has 5 nitrogen and oxygen atoms in total. The van der Waals surface area contributed by atoms with Crippen LogP contribution < -0.4 is 0 Å². The van der Waals surface area contributed by atoms with E-state index in [0.717, 1.165) is 26.2 Å². The fourth-order valence-electron chi connectivity index (χ4n) is 6.22. The number of aliphatic carboxylic acids is 1. The Labute approximate surface area is 243 Å². The van der Waals surface area contributed by atoms with Gasteiger partial charge in [-0.1, -0.05) is 115 Å². The van der Waals surface area contributed by atoms with Gasteiger partial charge in [-0.25, -0.2) is 4.79 Å². The maximum Gasteiger partial charge on any atom is 0.337 e. The fourth-order valence-corrected chi connectivity index (χ4v) is 6.22. The second-order valence-corrected chi connectivity index (χ2v) is 11.0. The van der Waals surface area contributed by atoms with Crippen LogP contribution in [-0.2, 0) is 21.6 Å². The molecule has 5 heteroatoms. The Morgan fingerprint density at radius 3 is 2.07 bits per heavy atom. The average Bonchev–Trinajstić information content (AvgIpc) is 3.05. The number of carboxylic acid groups (broad SMARTS) is 1. The van der Waals surface area contributed by atoms with Crippen molar-refractivity contribution in [3.05, 3.63) is 143 Å². The lowest BCUT2D eigenvalue weighted by atomic mass is 9.70. The number of carboxylic acids is 1. The lowest BCUT2D eigenvalue weighted by Crippen LogP contribution is -2.42. The molecule has 0 aliphatic carbocycles. The Morgan fingerprint density at radius 2 is 1.41 bits per heavy atom. The van der Waals surface area contributed by atoms with E-state index in [1.807, 2.05) is 0 Å². The Balaban J connectivity index is 0.000000259. The van der Waals surface area contributed by atoms with Crippen LogP contribution in [0.2, 0.25) is 0 Å². The highest BCUT2D eigenvalue weighted by Crippen LogP contribution is 2.41. The highest BCUT2D eigenvalue weighted by molar-refractivity contribution is 5.73. The summed E-state index contributed by atoms with van der Waals surface area (Å²) >= 11 is 0. The molecule has 1 fully saturated rings. The maximum absolute atomic E-state index is 10.2. The number of fused-ring (bicyclic) bond motifs is 1. The van der Waals surface area contributed by atoms with Gasteiger partial charge in [0.15, 0.2) is 6.10 Å². The van der Waals surface area contributed by atoms with Gasteiger partial charge in [-0.15, -0.1) is 0 Å². The summed E-state index contributed by atoms with van der Waals surface area (Å²) < 4.78 is 6.16. The number of carbonyl (C=O) groups is 1. The number of ether oxygens (including phenoxy) is 1. The van der Waals surface area contributed by atoms with Crippen molar-refractivity contribution in [2.45, 2.75) is 43.3 Å². The molecule has 1 saturated heterocycles. The standard InChI is InChI=1S/C28H31NO.C8H8O3/c1-3-9-23(10-4-1)24-15-18-29(19-16-24)20-17-28(26-12-5-2-6-13-26)22-30-21-25-11-7-8-14-27(25)28;9-7(8(10)11)6-4-2-1-3-5-6/h1-14,24H,15-22H2;1-5,7,9H,(H,10,11)/t28-;7-/m01/s1. The first-order chi connectivity index (χ1) is 20.1. The molecular weight excluding hydrogens is 510 g/mol. The number of hydrogen-bond donors (Lipinski definition) is 2. The minimum absolute atomic E-state index is 0.0492. The third-order valence-corrected chi connectivity index (χ3v) is 8.53. The summed E-state index contributed by atoms with van der Waals surface area (Å²) in [7, 11) is 0. The highest BCUT2D eigenvalue weighted by atomic mass is 16.5. The van der Waals surface area contributed by atoms with E-state index in [2.05, 4.69) is 89.8 Å². The molecular formula is C36H39NO4. The van der Waals surface area contributed by atoms with Crippen molar-refractivity contribution in [1.82, 2.24) is 4.90 Å². The van der Waals surface area contributed by atoms with Crippen molar-refractivity contribution in [1.29, 1.82) is 0 Å². The molecule has 41 heavy (non-hydrogen) atoms. The van der Waals surface area contributed by atoms with Gasteiger partial charge in [0.05, 0.1) is 13.2 Å². The third kappa shape index (κ3) is 6.94. The zero-order valence-electron chi connectivity index (χ0n) is 23.4. The van der Waals surface area contributed by atoms with Gasteiger partial charge in [-0.2, -0.15) is 0 Å². The van der Waals surface area contributed by atoms with Gasteiger partial charge in [0.25, 0.3) is 0 Å². The van der Waals surface area contributed by atoms with E-state index < -0.39 is 12.1 Å². The largest absolute Gasteiger partial charge is 0.479 e. The summed E-state index contributed by atoms with van der Waals surface area (Å²) in [5.41, 5.74) is 6.05. The summed E-state index contributed by atoms with van der Waals surface area (Å²) in [6.07, 6.45) is 2.21. The van der Waals surface area contributed by atoms with Crippen LogP contribution in [0.25, 0.3) is 0 Å². The molecule has 0 saturated carbocycles. The van der Waals surface area contributed by atoms with Crippen LogP contribution in [0.4, 0.5) is 0 Å². The fraction of sp³-hybridized carbons (Fsp3) is 0.306. The number of aliphatic hydroxyl groups excluding tert-OH is 1. The van der Waals surface area contributed by atoms with Crippen molar-refractivity contribution >= 4 is 5.97 Å². The molecule has 2 N–H and O–H groups in total. The maximum atomic E-state index is 10.2. The first kappa shape index (κ1) is 28.7. The topological polar surface area (TPSA) is 70.0 Å². The number of aliphatic hydroxyl groups is 1. The van der Waals surface area contributed by atoms with Crippen LogP contribution in [0.1, 0.15) is 59.1 Å². The van der Waals surface area contributed by atoms with Gasteiger partial charge >= 0.3 is 5.97 Å². The Hall–Kier alpha value is -3.77. The van der Waals surface area contributed by atoms with Crippen molar-refractivity contribution in [2.24, 2.45) is 0 Å². The predicted octanol–water partition coefficient (Wildman–Crippen LogP) is 6.58. The van der Waals surface area contributed by atoms with Gasteiger partial charge in [-0.05, 0) is 72.6 Å². The van der Waals surface area contributed by atoms with Crippen LogP contribution in [-0.4, -0.2) is 47.3 Å². The summed E-state index contributed by atoms with van der Waals surface area (Å²) in [6.45, 7) is 5.00. The molecule has 0 aromatic heterocycles. The monoisotopic (exact) mass is 549 g/mol. The first-order valence-electron chi connectivity index (χ1n) is 14.5. The van der Waals surface area contributed by atoms with Crippen LogP contribution in [0.5, 0.6) is 0 Å². The minimum atomic E-state index is -1.41. The molecule has 2 aliphatic heterocycles. The number of rotatable bonds is 7. The second-order valence-electron chi connectivity index (χ2n) is 11.0. The van der Waals surface area contributed by atoms with Gasteiger partial charge in [0.1, 0.15) is 0 Å². The van der Waals surface area contributed by atoms with Crippen LogP contribution in [0.15, 0.2) is 115 Å². The number of likely N-dealkylation sites (tertiary alicyclic amines) is 1. The van der Waals surface area contributed by atoms with Crippen molar-refractivity contribution < 1.29 is 19.7 Å². The molecule has 6 rings (SSSR count). The summed E-state index contributed by atoms with van der Waals surface area (Å²) in [5, 5.41) is 17.4. The molecule has 0 radical (unpaired) electrons. The molecule has 2 atom stereocenters. The lowest BCUT2D eigenvalue weighted by Gasteiger charge is -2.42. The summed E-state index contributed by atoms with van der Waals surface area (Å²) in [5.74, 6) is -0.513. The Kier molecular flexibility index (Phi) is 9.63. The van der Waals surface area contributed by atoms with Crippen LogP contribution >= 0.6 is 0 Å². The van der Waals surface area contributed by atoms with Crippen LogP contribution in [0, 0.1) is 0 Å². The molecule has 0 amide bonds. The molecule has 2 heterocycles. The lowest BCUT2D eigenvalue weighted by molar-refractivity contribution is -0.146. The molecule has 4 aromatic carbocycles. The van der Waals surface area contributed by atoms with E-state index in [1.54, 1.807) is 30.3 Å². The van der Waals surface area contributed by atoms with Gasteiger partial charge in [-0.3, -0.25) is 0 Å². The first-order valence-corrected chi connectivity index (χ1v) is 14.5. The molecule has 0 bridgehead atoms. The predicted molar refractivity (Wildman–Crippen MR) is 162 cm³/mol. The quantitative estimate of drug-likeness (QED) is 0.273. The Bertz CT molecular complexity index is 1370. The molecule has 2 aliphatic rings. The third-order valence-electron chi connectivity index (χ3n) is 8.53. The average molecular weight is 550 g/mol. The molecule has 4 aromatic rings. The Morgan fingerprint density at radius 1 is 0.829 bits per heavy atom. The van der Waals surface area contributed by atoms with E-state index in [9.17, 15) is 4.79 Å². The smallest absolute Gasteiger partial charge is 0.337 e. The van der Waals surface area contributed by atoms with E-state index in [-0.39, 0.29) is 5.41 Å². The zero-order valence-corrected chi connectivity index (χ0v) is 23.4. The SMILES string of the molecule is O=C(O)[C@H](O)c1ccccc1.c1ccc(C2CCN(CC[C@@]3(c4ccccc4)COCc4ccccc43)CC2)cc1. The highest BCUT2D eigenvalue weighted by Gasteiger charge is 2.39. The normalized spacial score (nSPS) is 19.8.